The number of carbonyl (C=O) groups excluding carboxylic acids is 2. The fourth-order valence-electron chi connectivity index (χ4n) is 7.45. The van der Waals surface area contributed by atoms with Crippen molar-refractivity contribution in [3.8, 4) is 11.1 Å². The average molecular weight is 530 g/mol. The van der Waals surface area contributed by atoms with Crippen LogP contribution in [0.25, 0.3) is 11.1 Å². The van der Waals surface area contributed by atoms with Crippen molar-refractivity contribution < 1.29 is 19.2 Å². The summed E-state index contributed by atoms with van der Waals surface area (Å²) in [6.45, 7) is 7.64. The Kier molecular flexibility index (Phi) is 8.00. The van der Waals surface area contributed by atoms with Crippen LogP contribution >= 0.6 is 0 Å². The molecule has 0 amide bonds. The monoisotopic (exact) mass is 529 g/mol. The fourth-order valence-corrected chi connectivity index (χ4v) is 7.45. The topological polar surface area (TPSA) is 64.6 Å². The van der Waals surface area contributed by atoms with E-state index < -0.39 is 17.5 Å². The maximum Gasteiger partial charge on any atom is 0.352 e. The lowest BCUT2D eigenvalue weighted by Crippen LogP contribution is -2.58. The van der Waals surface area contributed by atoms with Crippen molar-refractivity contribution in [2.75, 3.05) is 0 Å². The highest BCUT2D eigenvalue weighted by Gasteiger charge is 2.51. The van der Waals surface area contributed by atoms with Crippen molar-refractivity contribution in [1.82, 2.24) is 5.48 Å². The number of ether oxygens (including phenoxy) is 1. The van der Waals surface area contributed by atoms with E-state index in [2.05, 4.69) is 54.9 Å². The van der Waals surface area contributed by atoms with E-state index in [1.165, 1.54) is 41.5 Å². The van der Waals surface area contributed by atoms with Crippen LogP contribution in [0.15, 0.2) is 60.2 Å². The number of carbonyl (C=O) groups is 2. The molecule has 4 saturated carbocycles. The molecule has 4 bridgehead atoms. The van der Waals surface area contributed by atoms with Crippen molar-refractivity contribution in [3.05, 3.63) is 71.3 Å². The van der Waals surface area contributed by atoms with Crippen LogP contribution in [0.2, 0.25) is 0 Å². The Morgan fingerprint density at radius 1 is 0.974 bits per heavy atom. The third-order valence-electron chi connectivity index (χ3n) is 8.61. The predicted molar refractivity (Wildman–Crippen MR) is 154 cm³/mol. The number of hydrogen-bond acceptors (Lipinski definition) is 5. The van der Waals surface area contributed by atoms with E-state index in [0.29, 0.717) is 12.0 Å². The normalized spacial score (nSPS) is 25.9. The van der Waals surface area contributed by atoms with Gasteiger partial charge in [-0.3, -0.25) is 4.79 Å². The minimum atomic E-state index is -0.610. The van der Waals surface area contributed by atoms with Crippen LogP contribution in [0, 0.1) is 24.7 Å². The summed E-state index contributed by atoms with van der Waals surface area (Å²) in [5.74, 6) is 1.36. The summed E-state index contributed by atoms with van der Waals surface area (Å²) in [6.07, 6.45) is 10.4. The van der Waals surface area contributed by atoms with Crippen LogP contribution < -0.4 is 5.48 Å². The molecule has 6 rings (SSSR count). The molecule has 2 aromatic rings. The molecule has 0 aromatic heterocycles. The lowest BCUT2D eigenvalue weighted by atomic mass is 9.53. The van der Waals surface area contributed by atoms with Gasteiger partial charge in [-0.25, -0.2) is 4.79 Å². The standard InChI is InChI=1S/C34H43NO4/c1-23-15-24(13-14-30(23)28-10-6-5-7-11-28)9-8-12-29(19-31(36)38-33(2,3)4)32(37)39-35-34-20-25-16-26(21-34)18-27(17-25)22-34/h5-7,10-15,25-27,35H,8-9,16-22H2,1-4H3/b29-12+. The molecule has 0 unspecified atom stereocenters. The molecule has 0 spiro atoms. The van der Waals surface area contributed by atoms with E-state index in [0.717, 1.165) is 43.4 Å². The molecule has 2 aromatic carbocycles. The second-order valence-electron chi connectivity index (χ2n) is 13.2. The van der Waals surface area contributed by atoms with Gasteiger partial charge in [0.25, 0.3) is 0 Å². The van der Waals surface area contributed by atoms with Crippen molar-refractivity contribution in [2.24, 2.45) is 17.8 Å². The second-order valence-corrected chi connectivity index (χ2v) is 13.2. The lowest BCUT2D eigenvalue weighted by Gasteiger charge is -2.56. The first-order valence-electron chi connectivity index (χ1n) is 14.6. The summed E-state index contributed by atoms with van der Waals surface area (Å²) in [4.78, 5) is 31.7. The van der Waals surface area contributed by atoms with Crippen LogP contribution in [0.4, 0.5) is 0 Å². The van der Waals surface area contributed by atoms with Gasteiger partial charge in [0.05, 0.1) is 12.0 Å². The number of aryl methyl sites for hydroxylation is 2. The van der Waals surface area contributed by atoms with E-state index in [9.17, 15) is 9.59 Å². The fraction of sp³-hybridized carbons (Fsp3) is 0.529. The first kappa shape index (κ1) is 27.6. The van der Waals surface area contributed by atoms with Crippen LogP contribution in [-0.4, -0.2) is 23.1 Å². The molecule has 0 radical (unpaired) electrons. The molecule has 4 aliphatic carbocycles. The van der Waals surface area contributed by atoms with Gasteiger partial charge in [0.2, 0.25) is 0 Å². The summed E-state index contributed by atoms with van der Waals surface area (Å²) in [6, 6.07) is 16.9. The predicted octanol–water partition coefficient (Wildman–Crippen LogP) is 7.27. The minimum absolute atomic E-state index is 0.0926. The van der Waals surface area contributed by atoms with Gasteiger partial charge >= 0.3 is 11.9 Å². The van der Waals surface area contributed by atoms with Crippen molar-refractivity contribution in [2.45, 2.75) is 96.6 Å². The molecule has 5 nitrogen and oxygen atoms in total. The minimum Gasteiger partial charge on any atom is -0.460 e. The van der Waals surface area contributed by atoms with Gasteiger partial charge in [-0.05, 0) is 119 Å². The molecule has 4 aliphatic rings. The van der Waals surface area contributed by atoms with Gasteiger partial charge in [0.15, 0.2) is 0 Å². The first-order valence-corrected chi connectivity index (χ1v) is 14.6. The highest BCUT2D eigenvalue weighted by Crippen LogP contribution is 2.55. The smallest absolute Gasteiger partial charge is 0.352 e. The summed E-state index contributed by atoms with van der Waals surface area (Å²) >= 11 is 0. The number of hydroxylamine groups is 1. The molecule has 39 heavy (non-hydrogen) atoms. The molecule has 4 fully saturated rings. The molecule has 0 saturated heterocycles. The summed E-state index contributed by atoms with van der Waals surface area (Å²) in [7, 11) is 0. The number of allylic oxidation sites excluding steroid dienone is 1. The van der Waals surface area contributed by atoms with Gasteiger partial charge in [-0.15, -0.1) is 5.48 Å². The number of benzene rings is 2. The highest BCUT2D eigenvalue weighted by molar-refractivity contribution is 5.93. The number of nitrogens with one attached hydrogen (secondary N) is 1. The molecular formula is C34H43NO4. The Morgan fingerprint density at radius 3 is 2.21 bits per heavy atom. The van der Waals surface area contributed by atoms with Gasteiger partial charge < -0.3 is 9.57 Å². The van der Waals surface area contributed by atoms with Crippen molar-refractivity contribution in [3.63, 3.8) is 0 Å². The average Bonchev–Trinajstić information content (AvgIpc) is 2.85. The molecule has 208 valence electrons. The molecule has 0 atom stereocenters. The van der Waals surface area contributed by atoms with Gasteiger partial charge in [0.1, 0.15) is 5.60 Å². The van der Waals surface area contributed by atoms with Gasteiger partial charge in [-0.1, -0.05) is 54.6 Å². The summed E-state index contributed by atoms with van der Waals surface area (Å²) in [5.41, 5.74) is 7.72. The van der Waals surface area contributed by atoms with Gasteiger partial charge in [0, 0.05) is 5.57 Å². The summed E-state index contributed by atoms with van der Waals surface area (Å²) < 4.78 is 5.52. The molecule has 0 heterocycles. The Balaban J connectivity index is 1.24. The Labute approximate surface area is 233 Å². The maximum absolute atomic E-state index is 13.3. The van der Waals surface area contributed by atoms with E-state index >= 15 is 0 Å². The Hall–Kier alpha value is -2.92. The zero-order valence-corrected chi connectivity index (χ0v) is 23.9. The van der Waals surface area contributed by atoms with E-state index in [-0.39, 0.29) is 12.0 Å². The zero-order valence-electron chi connectivity index (χ0n) is 23.9. The SMILES string of the molecule is Cc1cc(CC/C=C(\CC(=O)OC(C)(C)C)C(=O)ONC23CC4CC(CC(C4)C2)C3)ccc1-c1ccccc1. The van der Waals surface area contributed by atoms with E-state index in [1.54, 1.807) is 0 Å². The zero-order chi connectivity index (χ0) is 27.6. The molecule has 0 aliphatic heterocycles. The molecule has 5 heteroatoms. The Morgan fingerprint density at radius 2 is 1.62 bits per heavy atom. The lowest BCUT2D eigenvalue weighted by molar-refractivity contribution is -0.163. The van der Waals surface area contributed by atoms with E-state index in [4.69, 9.17) is 9.57 Å². The van der Waals surface area contributed by atoms with Crippen LogP contribution in [0.3, 0.4) is 0 Å². The van der Waals surface area contributed by atoms with Crippen LogP contribution in [0.1, 0.15) is 83.3 Å². The van der Waals surface area contributed by atoms with Crippen LogP contribution in [0.5, 0.6) is 0 Å². The number of hydrogen-bond donors (Lipinski definition) is 1. The van der Waals surface area contributed by atoms with E-state index in [1.807, 2.05) is 32.9 Å². The van der Waals surface area contributed by atoms with Crippen LogP contribution in [-0.2, 0) is 25.6 Å². The van der Waals surface area contributed by atoms with Crippen molar-refractivity contribution >= 4 is 11.9 Å². The summed E-state index contributed by atoms with van der Waals surface area (Å²) in [5, 5.41) is 0. The first-order chi connectivity index (χ1) is 18.6. The second kappa shape index (κ2) is 11.3. The maximum atomic E-state index is 13.3. The molecule has 1 N–H and O–H groups in total. The number of esters is 1. The molecular weight excluding hydrogens is 486 g/mol. The van der Waals surface area contributed by atoms with Crippen molar-refractivity contribution in [1.29, 1.82) is 0 Å². The largest absolute Gasteiger partial charge is 0.460 e. The number of rotatable bonds is 9. The highest BCUT2D eigenvalue weighted by atomic mass is 16.7. The van der Waals surface area contributed by atoms with Gasteiger partial charge in [-0.2, -0.15) is 0 Å². The quantitative estimate of drug-likeness (QED) is 0.210. The third-order valence-corrected chi connectivity index (χ3v) is 8.61. The third kappa shape index (κ3) is 7.00. The Bertz CT molecular complexity index is 1190.